The van der Waals surface area contributed by atoms with Crippen LogP contribution in [0.15, 0.2) is 48.5 Å². The van der Waals surface area contributed by atoms with Crippen LogP contribution in [-0.2, 0) is 11.3 Å². The van der Waals surface area contributed by atoms with E-state index in [1.165, 1.54) is 18.2 Å². The van der Waals surface area contributed by atoms with Gasteiger partial charge >= 0.3 is 5.97 Å². The highest BCUT2D eigenvalue weighted by atomic mass is 19.1. The first-order valence-electron chi connectivity index (χ1n) is 6.94. The monoisotopic (exact) mass is 305 g/mol. The van der Waals surface area contributed by atoms with Crippen LogP contribution in [0.1, 0.15) is 12.5 Å². The van der Waals surface area contributed by atoms with E-state index in [4.69, 9.17) is 5.11 Å². The minimum atomic E-state index is -0.949. The molecule has 1 unspecified atom stereocenters. The van der Waals surface area contributed by atoms with Gasteiger partial charge in [0, 0.05) is 24.3 Å². The number of carbonyl (C=O) groups is 1. The molecule has 0 amide bonds. The summed E-state index contributed by atoms with van der Waals surface area (Å²) in [6.07, 6.45) is 0. The Morgan fingerprint density at radius 1 is 1.18 bits per heavy atom. The van der Waals surface area contributed by atoms with Gasteiger partial charge in [-0.25, -0.2) is 8.78 Å². The summed E-state index contributed by atoms with van der Waals surface area (Å²) in [7, 11) is 0. The molecule has 22 heavy (non-hydrogen) atoms. The largest absolute Gasteiger partial charge is 0.481 e. The lowest BCUT2D eigenvalue weighted by Gasteiger charge is -2.27. The van der Waals surface area contributed by atoms with E-state index in [-0.39, 0.29) is 18.9 Å². The molecule has 2 aromatic carbocycles. The summed E-state index contributed by atoms with van der Waals surface area (Å²) in [5, 5.41) is 9.08. The Kier molecular flexibility index (Phi) is 5.09. The molecule has 116 valence electrons. The van der Waals surface area contributed by atoms with Crippen LogP contribution in [0.3, 0.4) is 0 Å². The van der Waals surface area contributed by atoms with Crippen molar-refractivity contribution in [1.29, 1.82) is 0 Å². The molecular weight excluding hydrogens is 288 g/mol. The van der Waals surface area contributed by atoms with E-state index in [1.54, 1.807) is 42.2 Å². The SMILES string of the molecule is CC(CN(Cc1ccccc1F)c1cccc(F)c1)C(=O)O. The van der Waals surface area contributed by atoms with Crippen LogP contribution in [0, 0.1) is 17.6 Å². The number of hydrogen-bond donors (Lipinski definition) is 1. The van der Waals surface area contributed by atoms with Crippen molar-refractivity contribution < 1.29 is 18.7 Å². The zero-order valence-electron chi connectivity index (χ0n) is 12.2. The fourth-order valence-electron chi connectivity index (χ4n) is 2.17. The van der Waals surface area contributed by atoms with Crippen LogP contribution in [0.5, 0.6) is 0 Å². The van der Waals surface area contributed by atoms with E-state index in [1.807, 2.05) is 0 Å². The smallest absolute Gasteiger partial charge is 0.308 e. The molecule has 0 bridgehead atoms. The van der Waals surface area contributed by atoms with Crippen molar-refractivity contribution in [3.63, 3.8) is 0 Å². The zero-order valence-corrected chi connectivity index (χ0v) is 12.2. The van der Waals surface area contributed by atoms with E-state index in [2.05, 4.69) is 0 Å². The van der Waals surface area contributed by atoms with Crippen LogP contribution >= 0.6 is 0 Å². The molecule has 0 aliphatic rings. The highest BCUT2D eigenvalue weighted by Crippen LogP contribution is 2.21. The lowest BCUT2D eigenvalue weighted by Crippen LogP contribution is -2.31. The normalized spacial score (nSPS) is 12.0. The maximum atomic E-state index is 13.8. The Labute approximate surface area is 127 Å². The average molecular weight is 305 g/mol. The molecule has 3 nitrogen and oxygen atoms in total. The number of carboxylic acids is 1. The molecule has 0 saturated heterocycles. The lowest BCUT2D eigenvalue weighted by atomic mass is 10.1. The summed E-state index contributed by atoms with van der Waals surface area (Å²) in [5.74, 6) is -2.39. The minimum Gasteiger partial charge on any atom is -0.481 e. The van der Waals surface area contributed by atoms with Crippen LogP contribution < -0.4 is 4.90 Å². The molecule has 0 spiro atoms. The fourth-order valence-corrected chi connectivity index (χ4v) is 2.17. The molecule has 0 saturated carbocycles. The van der Waals surface area contributed by atoms with Gasteiger partial charge in [-0.1, -0.05) is 31.2 Å². The molecule has 0 aliphatic heterocycles. The van der Waals surface area contributed by atoms with Crippen LogP contribution in [0.2, 0.25) is 0 Å². The first-order valence-corrected chi connectivity index (χ1v) is 6.94. The molecule has 0 aromatic heterocycles. The van der Waals surface area contributed by atoms with E-state index in [9.17, 15) is 13.6 Å². The van der Waals surface area contributed by atoms with Crippen LogP contribution in [-0.4, -0.2) is 17.6 Å². The summed E-state index contributed by atoms with van der Waals surface area (Å²) >= 11 is 0. The highest BCUT2D eigenvalue weighted by molar-refractivity contribution is 5.70. The van der Waals surface area contributed by atoms with Gasteiger partial charge in [0.2, 0.25) is 0 Å². The topological polar surface area (TPSA) is 40.5 Å². The molecule has 0 aliphatic carbocycles. The van der Waals surface area contributed by atoms with Gasteiger partial charge in [0.25, 0.3) is 0 Å². The van der Waals surface area contributed by atoms with Crippen molar-refractivity contribution in [3.05, 3.63) is 65.7 Å². The van der Waals surface area contributed by atoms with Gasteiger partial charge in [0.15, 0.2) is 0 Å². The number of aliphatic carboxylic acids is 1. The first-order chi connectivity index (χ1) is 10.5. The second kappa shape index (κ2) is 7.02. The number of rotatable bonds is 6. The summed E-state index contributed by atoms with van der Waals surface area (Å²) in [6, 6.07) is 12.1. The van der Waals surface area contributed by atoms with Gasteiger partial charge in [-0.2, -0.15) is 0 Å². The van der Waals surface area contributed by atoms with Gasteiger partial charge in [-0.05, 0) is 24.3 Å². The highest BCUT2D eigenvalue weighted by Gasteiger charge is 2.18. The number of benzene rings is 2. The van der Waals surface area contributed by atoms with E-state index in [0.717, 1.165) is 0 Å². The number of carboxylic acid groups (broad SMARTS) is 1. The van der Waals surface area contributed by atoms with Crippen molar-refractivity contribution in [2.24, 2.45) is 5.92 Å². The van der Waals surface area contributed by atoms with E-state index >= 15 is 0 Å². The Morgan fingerprint density at radius 2 is 1.91 bits per heavy atom. The van der Waals surface area contributed by atoms with Gasteiger partial charge < -0.3 is 10.0 Å². The average Bonchev–Trinajstić information content (AvgIpc) is 2.48. The lowest BCUT2D eigenvalue weighted by molar-refractivity contribution is -0.140. The Balaban J connectivity index is 2.29. The second-order valence-electron chi connectivity index (χ2n) is 5.19. The molecular formula is C17H17F2NO2. The summed E-state index contributed by atoms with van der Waals surface area (Å²) in [4.78, 5) is 12.7. The predicted molar refractivity (Wildman–Crippen MR) is 80.6 cm³/mol. The third-order valence-electron chi connectivity index (χ3n) is 3.41. The number of anilines is 1. The standard InChI is InChI=1S/C17H17F2NO2/c1-12(17(21)22)10-20(15-7-4-6-14(18)9-15)11-13-5-2-3-8-16(13)19/h2-9,12H,10-11H2,1H3,(H,21,22). The van der Waals surface area contributed by atoms with Gasteiger partial charge in [-0.3, -0.25) is 4.79 Å². The van der Waals surface area contributed by atoms with Gasteiger partial charge in [0.05, 0.1) is 5.92 Å². The third-order valence-corrected chi connectivity index (χ3v) is 3.41. The molecule has 2 aromatic rings. The van der Waals surface area contributed by atoms with Crippen molar-refractivity contribution >= 4 is 11.7 Å². The van der Waals surface area contributed by atoms with E-state index < -0.39 is 17.7 Å². The number of hydrogen-bond acceptors (Lipinski definition) is 2. The Bertz CT molecular complexity index is 661. The van der Waals surface area contributed by atoms with Gasteiger partial charge in [0.1, 0.15) is 11.6 Å². The molecule has 2 rings (SSSR count). The molecule has 5 heteroatoms. The number of nitrogens with zero attached hydrogens (tertiary/aromatic N) is 1. The molecule has 0 fully saturated rings. The fraction of sp³-hybridized carbons (Fsp3) is 0.235. The maximum absolute atomic E-state index is 13.8. The van der Waals surface area contributed by atoms with Crippen molar-refractivity contribution in [3.8, 4) is 0 Å². The van der Waals surface area contributed by atoms with Crippen molar-refractivity contribution in [2.45, 2.75) is 13.5 Å². The van der Waals surface area contributed by atoms with Crippen LogP contribution in [0.4, 0.5) is 14.5 Å². The molecule has 1 atom stereocenters. The Morgan fingerprint density at radius 3 is 2.55 bits per heavy atom. The summed E-state index contributed by atoms with van der Waals surface area (Å²) in [5.41, 5.74) is 0.959. The minimum absolute atomic E-state index is 0.160. The summed E-state index contributed by atoms with van der Waals surface area (Å²) in [6.45, 7) is 1.90. The molecule has 0 radical (unpaired) electrons. The first kappa shape index (κ1) is 15.9. The zero-order chi connectivity index (χ0) is 16.1. The third kappa shape index (κ3) is 4.04. The maximum Gasteiger partial charge on any atom is 0.308 e. The molecule has 1 N–H and O–H groups in total. The Hall–Kier alpha value is -2.43. The van der Waals surface area contributed by atoms with Crippen molar-refractivity contribution in [1.82, 2.24) is 0 Å². The van der Waals surface area contributed by atoms with Crippen LogP contribution in [0.25, 0.3) is 0 Å². The van der Waals surface area contributed by atoms with Gasteiger partial charge in [-0.15, -0.1) is 0 Å². The second-order valence-corrected chi connectivity index (χ2v) is 5.19. The predicted octanol–water partition coefficient (Wildman–Crippen LogP) is 3.69. The number of halogens is 2. The van der Waals surface area contributed by atoms with Crippen molar-refractivity contribution in [2.75, 3.05) is 11.4 Å². The van der Waals surface area contributed by atoms with E-state index in [0.29, 0.717) is 11.3 Å². The molecule has 0 heterocycles. The quantitative estimate of drug-likeness (QED) is 0.885. The summed E-state index contributed by atoms with van der Waals surface area (Å²) < 4.78 is 27.2.